The first kappa shape index (κ1) is 17.3. The molecule has 0 fully saturated rings. The van der Waals surface area contributed by atoms with E-state index in [0.29, 0.717) is 12.6 Å². The lowest BCUT2D eigenvalue weighted by Gasteiger charge is -2.22. The van der Waals surface area contributed by atoms with Gasteiger partial charge in [-0.05, 0) is 45.7 Å². The maximum atomic E-state index is 11.6. The molecule has 0 aliphatic rings. The first-order chi connectivity index (χ1) is 9.90. The highest BCUT2D eigenvalue weighted by atomic mass is 16.6. The number of alkyl carbamates (subject to hydrolysis) is 1. The van der Waals surface area contributed by atoms with Crippen LogP contribution < -0.4 is 10.6 Å². The quantitative estimate of drug-likeness (QED) is 0.792. The Hall–Kier alpha value is -1.71. The van der Waals surface area contributed by atoms with E-state index < -0.39 is 5.60 Å². The van der Waals surface area contributed by atoms with E-state index in [1.807, 2.05) is 39.0 Å². The Morgan fingerprint density at radius 3 is 2.43 bits per heavy atom. The molecule has 1 amide bonds. The van der Waals surface area contributed by atoms with Crippen LogP contribution in [0.4, 0.5) is 10.5 Å². The summed E-state index contributed by atoms with van der Waals surface area (Å²) in [5.74, 6) is 0. The van der Waals surface area contributed by atoms with E-state index in [2.05, 4.69) is 29.7 Å². The number of anilines is 1. The zero-order valence-electron chi connectivity index (χ0n) is 13.6. The van der Waals surface area contributed by atoms with Gasteiger partial charge in [-0.25, -0.2) is 4.79 Å². The average molecular weight is 292 g/mol. The monoisotopic (exact) mass is 292 g/mol. The summed E-state index contributed by atoms with van der Waals surface area (Å²) in [6, 6.07) is 10.5. The summed E-state index contributed by atoms with van der Waals surface area (Å²) in [4.78, 5) is 11.6. The van der Waals surface area contributed by atoms with E-state index in [-0.39, 0.29) is 6.09 Å². The van der Waals surface area contributed by atoms with Crippen molar-refractivity contribution in [1.82, 2.24) is 5.32 Å². The number of hydrogen-bond acceptors (Lipinski definition) is 3. The van der Waals surface area contributed by atoms with Crippen molar-refractivity contribution in [2.45, 2.75) is 58.6 Å². The van der Waals surface area contributed by atoms with E-state index in [4.69, 9.17) is 4.74 Å². The molecule has 1 rings (SSSR count). The summed E-state index contributed by atoms with van der Waals surface area (Å²) >= 11 is 0. The van der Waals surface area contributed by atoms with Crippen LogP contribution in [0.25, 0.3) is 0 Å². The third-order valence-electron chi connectivity index (χ3n) is 2.94. The first-order valence-electron chi connectivity index (χ1n) is 7.69. The van der Waals surface area contributed by atoms with Crippen LogP contribution in [0.3, 0.4) is 0 Å². The number of amides is 1. The van der Waals surface area contributed by atoms with Gasteiger partial charge in [0.15, 0.2) is 0 Å². The van der Waals surface area contributed by atoms with Crippen molar-refractivity contribution in [2.75, 3.05) is 11.9 Å². The van der Waals surface area contributed by atoms with Crippen LogP contribution in [0.1, 0.15) is 47.0 Å². The largest absolute Gasteiger partial charge is 0.444 e. The lowest BCUT2D eigenvalue weighted by atomic mass is 10.1. The fraction of sp³-hybridized carbons (Fsp3) is 0.588. The molecule has 0 saturated carbocycles. The summed E-state index contributed by atoms with van der Waals surface area (Å²) in [6.45, 7) is 8.37. The molecule has 0 radical (unpaired) electrons. The summed E-state index contributed by atoms with van der Waals surface area (Å²) in [7, 11) is 0. The van der Waals surface area contributed by atoms with Gasteiger partial charge in [0.2, 0.25) is 0 Å². The Morgan fingerprint density at radius 1 is 1.19 bits per heavy atom. The smallest absolute Gasteiger partial charge is 0.407 e. The predicted octanol–water partition coefficient (Wildman–Crippen LogP) is 4.18. The van der Waals surface area contributed by atoms with Gasteiger partial charge in [-0.2, -0.15) is 0 Å². The highest BCUT2D eigenvalue weighted by Gasteiger charge is 2.16. The minimum absolute atomic E-state index is 0.350. The molecule has 0 heterocycles. The van der Waals surface area contributed by atoms with Crippen molar-refractivity contribution in [3.8, 4) is 0 Å². The Kier molecular flexibility index (Phi) is 7.06. The third-order valence-corrected chi connectivity index (χ3v) is 2.94. The molecule has 118 valence electrons. The number of carbonyl (C=O) groups is 1. The second-order valence-electron chi connectivity index (χ2n) is 6.21. The number of benzene rings is 1. The normalized spacial score (nSPS) is 12.6. The maximum Gasteiger partial charge on any atom is 0.407 e. The number of para-hydroxylation sites is 1. The van der Waals surface area contributed by atoms with Gasteiger partial charge in [-0.1, -0.05) is 31.5 Å². The molecule has 0 saturated heterocycles. The predicted molar refractivity (Wildman–Crippen MR) is 87.6 cm³/mol. The van der Waals surface area contributed by atoms with E-state index in [9.17, 15) is 4.79 Å². The molecule has 1 aromatic rings. The van der Waals surface area contributed by atoms with Crippen LogP contribution in [0.5, 0.6) is 0 Å². The Balaban J connectivity index is 2.36. The van der Waals surface area contributed by atoms with Gasteiger partial charge < -0.3 is 15.4 Å². The van der Waals surface area contributed by atoms with Crippen LogP contribution in [0.2, 0.25) is 0 Å². The van der Waals surface area contributed by atoms with Crippen molar-refractivity contribution in [2.24, 2.45) is 0 Å². The van der Waals surface area contributed by atoms with E-state index >= 15 is 0 Å². The highest BCUT2D eigenvalue weighted by molar-refractivity contribution is 5.67. The minimum atomic E-state index is -0.449. The molecule has 0 aliphatic heterocycles. The molecule has 0 bridgehead atoms. The Labute approximate surface area is 128 Å². The topological polar surface area (TPSA) is 50.4 Å². The second-order valence-corrected chi connectivity index (χ2v) is 6.21. The fourth-order valence-corrected chi connectivity index (χ4v) is 2.07. The SMILES string of the molecule is CCCC(CCNC(=O)OC(C)(C)C)Nc1ccccc1. The number of rotatable bonds is 7. The van der Waals surface area contributed by atoms with Crippen LogP contribution in [-0.2, 0) is 4.74 Å². The average Bonchev–Trinajstić information content (AvgIpc) is 2.38. The van der Waals surface area contributed by atoms with Crippen molar-refractivity contribution in [3.63, 3.8) is 0 Å². The van der Waals surface area contributed by atoms with Crippen molar-refractivity contribution in [3.05, 3.63) is 30.3 Å². The zero-order chi connectivity index (χ0) is 15.7. The molecule has 4 heteroatoms. The molecular formula is C17H28N2O2. The zero-order valence-corrected chi connectivity index (χ0v) is 13.6. The lowest BCUT2D eigenvalue weighted by Crippen LogP contribution is -2.35. The van der Waals surface area contributed by atoms with Gasteiger partial charge >= 0.3 is 6.09 Å². The summed E-state index contributed by atoms with van der Waals surface area (Å²) < 4.78 is 5.23. The summed E-state index contributed by atoms with van der Waals surface area (Å²) in [5, 5.41) is 6.32. The van der Waals surface area contributed by atoms with E-state index in [0.717, 1.165) is 24.9 Å². The summed E-state index contributed by atoms with van der Waals surface area (Å²) in [5.41, 5.74) is 0.670. The van der Waals surface area contributed by atoms with Crippen LogP contribution in [-0.4, -0.2) is 24.3 Å². The van der Waals surface area contributed by atoms with Gasteiger partial charge in [0.1, 0.15) is 5.60 Å². The summed E-state index contributed by atoms with van der Waals surface area (Å²) in [6.07, 6.45) is 2.71. The molecule has 1 atom stereocenters. The van der Waals surface area contributed by atoms with Gasteiger partial charge in [0.25, 0.3) is 0 Å². The molecule has 1 unspecified atom stereocenters. The first-order valence-corrected chi connectivity index (χ1v) is 7.69. The second kappa shape index (κ2) is 8.55. The molecule has 21 heavy (non-hydrogen) atoms. The highest BCUT2D eigenvalue weighted by Crippen LogP contribution is 2.12. The molecule has 0 aliphatic carbocycles. The van der Waals surface area contributed by atoms with Crippen molar-refractivity contribution in [1.29, 1.82) is 0 Å². The number of hydrogen-bond donors (Lipinski definition) is 2. The van der Waals surface area contributed by atoms with Gasteiger partial charge in [-0.3, -0.25) is 0 Å². The Morgan fingerprint density at radius 2 is 1.86 bits per heavy atom. The Bertz CT molecular complexity index is 413. The van der Waals surface area contributed by atoms with E-state index in [1.165, 1.54) is 0 Å². The third kappa shape index (κ3) is 8.23. The van der Waals surface area contributed by atoms with Gasteiger partial charge in [0, 0.05) is 18.3 Å². The number of carbonyl (C=O) groups excluding carboxylic acids is 1. The van der Waals surface area contributed by atoms with Crippen LogP contribution >= 0.6 is 0 Å². The maximum absolute atomic E-state index is 11.6. The lowest BCUT2D eigenvalue weighted by molar-refractivity contribution is 0.0526. The molecule has 0 aromatic heterocycles. The van der Waals surface area contributed by atoms with E-state index in [1.54, 1.807) is 0 Å². The standard InChI is InChI=1S/C17H28N2O2/c1-5-9-14(19-15-10-7-6-8-11-15)12-13-18-16(20)21-17(2,3)4/h6-8,10-11,14,19H,5,9,12-13H2,1-4H3,(H,18,20). The fourth-order valence-electron chi connectivity index (χ4n) is 2.07. The molecule has 2 N–H and O–H groups in total. The van der Waals surface area contributed by atoms with Crippen molar-refractivity contribution >= 4 is 11.8 Å². The number of ether oxygens (including phenoxy) is 1. The van der Waals surface area contributed by atoms with Crippen LogP contribution in [0, 0.1) is 0 Å². The van der Waals surface area contributed by atoms with Gasteiger partial charge in [-0.15, -0.1) is 0 Å². The minimum Gasteiger partial charge on any atom is -0.444 e. The van der Waals surface area contributed by atoms with Crippen molar-refractivity contribution < 1.29 is 9.53 Å². The molecule has 0 spiro atoms. The molecular weight excluding hydrogens is 264 g/mol. The van der Waals surface area contributed by atoms with Gasteiger partial charge in [0.05, 0.1) is 0 Å². The molecule has 4 nitrogen and oxygen atoms in total. The molecule has 1 aromatic carbocycles. The number of nitrogens with one attached hydrogen (secondary N) is 2. The van der Waals surface area contributed by atoms with Crippen LogP contribution in [0.15, 0.2) is 30.3 Å².